The van der Waals surface area contributed by atoms with Crippen LogP contribution in [0.3, 0.4) is 0 Å². The first-order chi connectivity index (χ1) is 9.65. The molecule has 0 aromatic heterocycles. The first-order valence-corrected chi connectivity index (χ1v) is 6.55. The molecule has 0 saturated carbocycles. The van der Waals surface area contributed by atoms with Crippen molar-refractivity contribution < 1.29 is 19.0 Å². The number of nitrogen functional groups attached to an aromatic ring is 1. The lowest BCUT2D eigenvalue weighted by Gasteiger charge is -2.22. The number of rotatable bonds is 4. The summed E-state index contributed by atoms with van der Waals surface area (Å²) in [5.74, 6) is 1.00. The molecule has 1 fully saturated rings. The van der Waals surface area contributed by atoms with Crippen LogP contribution in [-0.2, 0) is 9.53 Å². The molecule has 1 saturated heterocycles. The molecule has 0 spiro atoms. The van der Waals surface area contributed by atoms with Crippen LogP contribution < -0.4 is 20.5 Å². The van der Waals surface area contributed by atoms with Gasteiger partial charge in [0.2, 0.25) is 5.91 Å². The second-order valence-electron chi connectivity index (χ2n) is 4.67. The molecule has 0 aliphatic carbocycles. The number of ether oxygens (including phenoxy) is 3. The van der Waals surface area contributed by atoms with Crippen molar-refractivity contribution in [2.45, 2.75) is 12.8 Å². The Morgan fingerprint density at radius 1 is 1.25 bits per heavy atom. The van der Waals surface area contributed by atoms with Crippen molar-refractivity contribution in [2.75, 3.05) is 38.5 Å². The monoisotopic (exact) mass is 280 g/mol. The third kappa shape index (κ3) is 3.14. The van der Waals surface area contributed by atoms with Crippen LogP contribution in [0, 0.1) is 5.92 Å². The van der Waals surface area contributed by atoms with Gasteiger partial charge in [0.05, 0.1) is 25.6 Å². The van der Waals surface area contributed by atoms with Crippen molar-refractivity contribution in [1.29, 1.82) is 0 Å². The summed E-state index contributed by atoms with van der Waals surface area (Å²) >= 11 is 0. The molecule has 6 heteroatoms. The molecule has 1 aromatic carbocycles. The molecule has 0 unspecified atom stereocenters. The molecule has 1 heterocycles. The zero-order valence-corrected chi connectivity index (χ0v) is 11.8. The molecule has 1 aromatic rings. The number of benzene rings is 1. The maximum atomic E-state index is 12.2. The summed E-state index contributed by atoms with van der Waals surface area (Å²) in [4.78, 5) is 12.2. The molecule has 2 rings (SSSR count). The Kier molecular flexibility index (Phi) is 4.68. The Hall–Kier alpha value is -1.95. The standard InChI is InChI=1S/C14H20N2O4/c1-18-12-7-10(15)11(8-13(12)19-2)16-14(17)9-3-5-20-6-4-9/h7-9H,3-6,15H2,1-2H3,(H,16,17). The van der Waals surface area contributed by atoms with E-state index in [1.807, 2.05) is 0 Å². The van der Waals surface area contributed by atoms with Gasteiger partial charge >= 0.3 is 0 Å². The Balaban J connectivity index is 2.13. The van der Waals surface area contributed by atoms with Gasteiger partial charge in [-0.05, 0) is 12.8 Å². The van der Waals surface area contributed by atoms with Gasteiger partial charge in [-0.15, -0.1) is 0 Å². The van der Waals surface area contributed by atoms with Crippen LogP contribution in [0.1, 0.15) is 12.8 Å². The molecule has 110 valence electrons. The fourth-order valence-corrected chi connectivity index (χ4v) is 2.20. The van der Waals surface area contributed by atoms with E-state index in [-0.39, 0.29) is 11.8 Å². The molecule has 20 heavy (non-hydrogen) atoms. The number of nitrogens with one attached hydrogen (secondary N) is 1. The van der Waals surface area contributed by atoms with Crippen LogP contribution >= 0.6 is 0 Å². The number of methoxy groups -OCH3 is 2. The van der Waals surface area contributed by atoms with E-state index in [0.717, 1.165) is 12.8 Å². The first kappa shape index (κ1) is 14.5. The summed E-state index contributed by atoms with van der Waals surface area (Å²) in [6, 6.07) is 3.31. The van der Waals surface area contributed by atoms with E-state index in [0.29, 0.717) is 36.1 Å². The van der Waals surface area contributed by atoms with Crippen LogP contribution in [0.4, 0.5) is 11.4 Å². The molecule has 0 atom stereocenters. The van der Waals surface area contributed by atoms with Gasteiger partial charge in [0, 0.05) is 31.3 Å². The highest BCUT2D eigenvalue weighted by atomic mass is 16.5. The predicted molar refractivity (Wildman–Crippen MR) is 76.1 cm³/mol. The molecular weight excluding hydrogens is 260 g/mol. The number of nitrogens with two attached hydrogens (primary N) is 1. The highest BCUT2D eigenvalue weighted by Crippen LogP contribution is 2.35. The number of amides is 1. The fraction of sp³-hybridized carbons (Fsp3) is 0.500. The zero-order valence-electron chi connectivity index (χ0n) is 11.8. The summed E-state index contributed by atoms with van der Waals surface area (Å²) in [6.45, 7) is 1.25. The van der Waals surface area contributed by atoms with Crippen molar-refractivity contribution in [3.8, 4) is 11.5 Å². The van der Waals surface area contributed by atoms with Gasteiger partial charge in [-0.25, -0.2) is 0 Å². The summed E-state index contributed by atoms with van der Waals surface area (Å²) in [7, 11) is 3.08. The van der Waals surface area contributed by atoms with Crippen LogP contribution in [0.25, 0.3) is 0 Å². The highest BCUT2D eigenvalue weighted by Gasteiger charge is 2.22. The van der Waals surface area contributed by atoms with E-state index in [4.69, 9.17) is 19.9 Å². The number of hydrogen-bond donors (Lipinski definition) is 2. The van der Waals surface area contributed by atoms with Crippen molar-refractivity contribution in [3.63, 3.8) is 0 Å². The minimum atomic E-state index is -0.0350. The SMILES string of the molecule is COc1cc(N)c(NC(=O)C2CCOCC2)cc1OC. The van der Waals surface area contributed by atoms with Gasteiger partial charge in [0.25, 0.3) is 0 Å². The smallest absolute Gasteiger partial charge is 0.227 e. The Bertz CT molecular complexity index is 484. The zero-order chi connectivity index (χ0) is 14.5. The molecule has 1 aliphatic heterocycles. The molecule has 0 bridgehead atoms. The average molecular weight is 280 g/mol. The fourth-order valence-electron chi connectivity index (χ4n) is 2.20. The van der Waals surface area contributed by atoms with Gasteiger partial charge in [0.1, 0.15) is 0 Å². The number of carbonyl (C=O) groups is 1. The lowest BCUT2D eigenvalue weighted by molar-refractivity contribution is -0.122. The molecule has 1 aliphatic rings. The van der Waals surface area contributed by atoms with E-state index in [2.05, 4.69) is 5.32 Å². The molecule has 6 nitrogen and oxygen atoms in total. The van der Waals surface area contributed by atoms with E-state index in [1.165, 1.54) is 14.2 Å². The van der Waals surface area contributed by atoms with E-state index >= 15 is 0 Å². The Labute approximate surface area is 118 Å². The lowest BCUT2D eigenvalue weighted by Crippen LogP contribution is -2.28. The quantitative estimate of drug-likeness (QED) is 0.819. The summed E-state index contributed by atoms with van der Waals surface area (Å²) in [6.07, 6.45) is 1.47. The van der Waals surface area contributed by atoms with E-state index < -0.39 is 0 Å². The molecule has 0 radical (unpaired) electrons. The Morgan fingerprint density at radius 2 is 1.85 bits per heavy atom. The van der Waals surface area contributed by atoms with Gasteiger partial charge in [-0.1, -0.05) is 0 Å². The van der Waals surface area contributed by atoms with E-state index in [9.17, 15) is 4.79 Å². The molecule has 1 amide bonds. The van der Waals surface area contributed by atoms with Crippen LogP contribution in [-0.4, -0.2) is 33.3 Å². The molecular formula is C14H20N2O4. The summed E-state index contributed by atoms with van der Waals surface area (Å²) < 4.78 is 15.6. The topological polar surface area (TPSA) is 82.8 Å². The maximum absolute atomic E-state index is 12.2. The third-order valence-corrected chi connectivity index (χ3v) is 3.41. The van der Waals surface area contributed by atoms with Gasteiger partial charge in [-0.2, -0.15) is 0 Å². The minimum absolute atomic E-state index is 0.0313. The maximum Gasteiger partial charge on any atom is 0.227 e. The second kappa shape index (κ2) is 6.47. The summed E-state index contributed by atoms with van der Waals surface area (Å²) in [5, 5.41) is 2.85. The predicted octanol–water partition coefficient (Wildman–Crippen LogP) is 1.65. The largest absolute Gasteiger partial charge is 0.493 e. The van der Waals surface area contributed by atoms with Crippen LogP contribution in [0.15, 0.2) is 12.1 Å². The summed E-state index contributed by atoms with van der Waals surface area (Å²) in [5.41, 5.74) is 6.91. The minimum Gasteiger partial charge on any atom is -0.493 e. The van der Waals surface area contributed by atoms with Crippen molar-refractivity contribution in [3.05, 3.63) is 12.1 Å². The van der Waals surface area contributed by atoms with Gasteiger partial charge in [-0.3, -0.25) is 4.79 Å². The number of hydrogen-bond acceptors (Lipinski definition) is 5. The number of anilines is 2. The Morgan fingerprint density at radius 3 is 2.45 bits per heavy atom. The van der Waals surface area contributed by atoms with Gasteiger partial charge < -0.3 is 25.3 Å². The van der Waals surface area contributed by atoms with Crippen LogP contribution in [0.5, 0.6) is 11.5 Å². The van der Waals surface area contributed by atoms with Crippen molar-refractivity contribution in [1.82, 2.24) is 0 Å². The highest BCUT2D eigenvalue weighted by molar-refractivity contribution is 5.96. The average Bonchev–Trinajstić information content (AvgIpc) is 2.49. The van der Waals surface area contributed by atoms with Crippen molar-refractivity contribution in [2.24, 2.45) is 5.92 Å². The first-order valence-electron chi connectivity index (χ1n) is 6.55. The second-order valence-corrected chi connectivity index (χ2v) is 4.67. The third-order valence-electron chi connectivity index (χ3n) is 3.41. The number of carbonyl (C=O) groups excluding carboxylic acids is 1. The van der Waals surface area contributed by atoms with Crippen LogP contribution in [0.2, 0.25) is 0 Å². The normalized spacial score (nSPS) is 15.7. The van der Waals surface area contributed by atoms with E-state index in [1.54, 1.807) is 12.1 Å². The van der Waals surface area contributed by atoms with Crippen molar-refractivity contribution >= 4 is 17.3 Å². The lowest BCUT2D eigenvalue weighted by atomic mass is 9.99. The van der Waals surface area contributed by atoms with Gasteiger partial charge in [0.15, 0.2) is 11.5 Å². The molecule has 3 N–H and O–H groups in total.